The number of carbonyl (C=O) groups is 2. The van der Waals surface area contributed by atoms with Crippen molar-refractivity contribution >= 4 is 20.2 Å². The van der Waals surface area contributed by atoms with Gasteiger partial charge in [-0.1, -0.05) is 98.3 Å². The molecular formula is C28H57NO4Si. The van der Waals surface area contributed by atoms with Gasteiger partial charge in [0.1, 0.15) is 11.6 Å². The fourth-order valence-electron chi connectivity index (χ4n) is 3.49. The van der Waals surface area contributed by atoms with Gasteiger partial charge >= 0.3 is 6.09 Å². The first-order chi connectivity index (χ1) is 15.7. The van der Waals surface area contributed by atoms with Gasteiger partial charge < -0.3 is 14.5 Å². The van der Waals surface area contributed by atoms with Crippen LogP contribution in [0.5, 0.6) is 0 Å². The normalized spacial score (nSPS) is 13.6. The average molecular weight is 500 g/mol. The number of unbranched alkanes of at least 4 members (excludes halogenated alkanes) is 11. The van der Waals surface area contributed by atoms with Crippen LogP contribution in [-0.4, -0.2) is 38.4 Å². The number of carbonyl (C=O) groups excluding carboxylic acids is 2. The van der Waals surface area contributed by atoms with E-state index < -0.39 is 26.1 Å². The molecule has 0 aromatic carbocycles. The number of alkyl carbamates (subject to hydrolysis) is 1. The third-order valence-corrected chi connectivity index (χ3v) is 11.3. The molecule has 6 heteroatoms. The minimum absolute atomic E-state index is 0.0386. The van der Waals surface area contributed by atoms with Crippen molar-refractivity contribution in [1.29, 1.82) is 0 Å². The zero-order valence-electron chi connectivity index (χ0n) is 24.1. The number of nitrogens with one attached hydrogen (secondary N) is 1. The highest BCUT2D eigenvalue weighted by molar-refractivity contribution is 6.74. The fourth-order valence-corrected chi connectivity index (χ4v) is 4.50. The number of hydrogen-bond donors (Lipinski definition) is 1. The van der Waals surface area contributed by atoms with Crippen LogP contribution in [0.1, 0.15) is 132 Å². The van der Waals surface area contributed by atoms with Crippen LogP contribution in [0.2, 0.25) is 18.1 Å². The molecule has 5 nitrogen and oxygen atoms in total. The molecule has 0 aromatic heterocycles. The Kier molecular flexibility index (Phi) is 16.3. The second kappa shape index (κ2) is 16.7. The van der Waals surface area contributed by atoms with Gasteiger partial charge in [0, 0.05) is 6.42 Å². The summed E-state index contributed by atoms with van der Waals surface area (Å²) in [6, 6.07) is -0.656. The quantitative estimate of drug-likeness (QED) is 0.151. The van der Waals surface area contributed by atoms with E-state index in [4.69, 9.17) is 9.16 Å². The van der Waals surface area contributed by atoms with Gasteiger partial charge in [-0.05, 0) is 45.3 Å². The maximum Gasteiger partial charge on any atom is 0.408 e. The second-order valence-electron chi connectivity index (χ2n) is 12.4. The summed E-state index contributed by atoms with van der Waals surface area (Å²) in [6.45, 7) is 18.8. The summed E-state index contributed by atoms with van der Waals surface area (Å²) in [5.74, 6) is 0.0386. The van der Waals surface area contributed by atoms with E-state index in [2.05, 4.69) is 46.1 Å². The van der Waals surface area contributed by atoms with Crippen LogP contribution in [-0.2, 0) is 14.0 Å². The molecule has 0 aromatic rings. The van der Waals surface area contributed by atoms with Crippen molar-refractivity contribution in [2.45, 2.75) is 162 Å². The fraction of sp³-hybridized carbons (Fsp3) is 0.929. The summed E-state index contributed by atoms with van der Waals surface area (Å²) in [6.07, 6.45) is 15.1. The number of ether oxygens (including phenoxy) is 1. The van der Waals surface area contributed by atoms with Crippen LogP contribution in [0.4, 0.5) is 4.79 Å². The van der Waals surface area contributed by atoms with E-state index >= 15 is 0 Å². The summed E-state index contributed by atoms with van der Waals surface area (Å²) in [5, 5.41) is 2.82. The Morgan fingerprint density at radius 3 is 1.62 bits per heavy atom. The predicted octanol–water partition coefficient (Wildman–Crippen LogP) is 8.56. The van der Waals surface area contributed by atoms with Crippen molar-refractivity contribution in [3.05, 3.63) is 0 Å². The number of ketones is 1. The SMILES string of the molecule is CCCCCCCCCCCCCCC(=O)[C@H](CO[Si](C)(C)C(C)(C)C)NC(=O)OC(C)(C)C. The highest BCUT2D eigenvalue weighted by Crippen LogP contribution is 2.36. The Morgan fingerprint density at radius 1 is 0.765 bits per heavy atom. The number of Topliss-reactive ketones (excluding diaryl/α,β-unsaturated/α-hetero) is 1. The van der Waals surface area contributed by atoms with Crippen molar-refractivity contribution in [2.24, 2.45) is 0 Å². The summed E-state index contributed by atoms with van der Waals surface area (Å²) in [4.78, 5) is 25.3. The van der Waals surface area contributed by atoms with Crippen molar-refractivity contribution in [1.82, 2.24) is 5.32 Å². The lowest BCUT2D eigenvalue weighted by molar-refractivity contribution is -0.122. The first-order valence-electron chi connectivity index (χ1n) is 13.9. The van der Waals surface area contributed by atoms with Gasteiger partial charge in [-0.15, -0.1) is 0 Å². The molecule has 0 unspecified atom stereocenters. The third-order valence-electron chi connectivity index (χ3n) is 6.77. The average Bonchev–Trinajstić information content (AvgIpc) is 2.69. The lowest BCUT2D eigenvalue weighted by Gasteiger charge is -2.37. The van der Waals surface area contributed by atoms with Gasteiger partial charge in [0.05, 0.1) is 6.61 Å². The smallest absolute Gasteiger partial charge is 0.408 e. The Labute approximate surface area is 212 Å². The predicted molar refractivity (Wildman–Crippen MR) is 147 cm³/mol. The molecule has 0 bridgehead atoms. The number of amides is 1. The van der Waals surface area contributed by atoms with E-state index in [1.54, 1.807) is 0 Å². The molecule has 0 heterocycles. The van der Waals surface area contributed by atoms with Gasteiger partial charge in [-0.3, -0.25) is 4.79 Å². The maximum atomic E-state index is 13.0. The van der Waals surface area contributed by atoms with Crippen molar-refractivity contribution in [3.8, 4) is 0 Å². The van der Waals surface area contributed by atoms with Crippen LogP contribution in [0.3, 0.4) is 0 Å². The molecule has 0 aliphatic carbocycles. The topological polar surface area (TPSA) is 64.6 Å². The van der Waals surface area contributed by atoms with Crippen molar-refractivity contribution in [2.75, 3.05) is 6.61 Å². The molecule has 1 amide bonds. The summed E-state index contributed by atoms with van der Waals surface area (Å²) in [5.41, 5.74) is -0.604. The van der Waals surface area contributed by atoms with Crippen LogP contribution in [0, 0.1) is 0 Å². The van der Waals surface area contributed by atoms with Crippen LogP contribution in [0.25, 0.3) is 0 Å². The lowest BCUT2D eigenvalue weighted by atomic mass is 10.0. The number of hydrogen-bond acceptors (Lipinski definition) is 4. The number of rotatable bonds is 18. The molecule has 0 rings (SSSR count). The van der Waals surface area contributed by atoms with Crippen LogP contribution < -0.4 is 5.32 Å². The highest BCUT2D eigenvalue weighted by atomic mass is 28.4. The van der Waals surface area contributed by atoms with E-state index in [1.165, 1.54) is 64.2 Å². The Hall–Kier alpha value is -0.883. The van der Waals surface area contributed by atoms with Crippen LogP contribution >= 0.6 is 0 Å². The molecule has 0 aliphatic rings. The Morgan fingerprint density at radius 2 is 1.21 bits per heavy atom. The van der Waals surface area contributed by atoms with Gasteiger partial charge in [0.2, 0.25) is 0 Å². The van der Waals surface area contributed by atoms with Gasteiger partial charge in [-0.2, -0.15) is 0 Å². The molecule has 0 saturated heterocycles. The van der Waals surface area contributed by atoms with Crippen molar-refractivity contribution < 1.29 is 18.8 Å². The van der Waals surface area contributed by atoms with Gasteiger partial charge in [0.25, 0.3) is 0 Å². The minimum Gasteiger partial charge on any atom is -0.444 e. The minimum atomic E-state index is -2.03. The van der Waals surface area contributed by atoms with E-state index in [0.29, 0.717) is 6.42 Å². The summed E-state index contributed by atoms with van der Waals surface area (Å²) < 4.78 is 11.7. The molecule has 0 fully saturated rings. The zero-order chi connectivity index (χ0) is 26.3. The van der Waals surface area contributed by atoms with E-state index in [9.17, 15) is 9.59 Å². The Bertz CT molecular complexity index is 564. The summed E-state index contributed by atoms with van der Waals surface area (Å²) in [7, 11) is -2.03. The Balaban J connectivity index is 4.42. The first-order valence-corrected chi connectivity index (χ1v) is 16.8. The van der Waals surface area contributed by atoms with Gasteiger partial charge in [0.15, 0.2) is 14.1 Å². The van der Waals surface area contributed by atoms with E-state index in [-0.39, 0.29) is 17.4 Å². The lowest BCUT2D eigenvalue weighted by Crippen LogP contribution is -2.50. The first kappa shape index (κ1) is 33.1. The van der Waals surface area contributed by atoms with E-state index in [0.717, 1.165) is 12.8 Å². The third kappa shape index (κ3) is 16.7. The molecule has 0 radical (unpaired) electrons. The molecule has 202 valence electrons. The molecule has 1 N–H and O–H groups in total. The van der Waals surface area contributed by atoms with Crippen molar-refractivity contribution in [3.63, 3.8) is 0 Å². The van der Waals surface area contributed by atoms with E-state index in [1.807, 2.05) is 20.8 Å². The molecule has 34 heavy (non-hydrogen) atoms. The maximum absolute atomic E-state index is 13.0. The molecule has 0 aliphatic heterocycles. The monoisotopic (exact) mass is 499 g/mol. The molecule has 0 saturated carbocycles. The molecular weight excluding hydrogens is 442 g/mol. The summed E-state index contributed by atoms with van der Waals surface area (Å²) >= 11 is 0. The standard InChI is InChI=1S/C28H57NO4Si/c1-10-11-12-13-14-15-16-17-18-19-20-21-22-25(30)24(29-26(31)33-27(2,3)4)23-32-34(8,9)28(5,6)7/h24H,10-23H2,1-9H3,(H,29,31)/t24-/m0/s1. The molecule has 1 atom stereocenters. The zero-order valence-corrected chi connectivity index (χ0v) is 25.1. The largest absolute Gasteiger partial charge is 0.444 e. The molecule has 0 spiro atoms. The van der Waals surface area contributed by atoms with Gasteiger partial charge in [-0.25, -0.2) is 4.79 Å². The second-order valence-corrected chi connectivity index (χ2v) is 17.2. The highest BCUT2D eigenvalue weighted by Gasteiger charge is 2.38. The van der Waals surface area contributed by atoms with Crippen LogP contribution in [0.15, 0.2) is 0 Å².